The molecule has 0 saturated carbocycles. The molecule has 100 valence electrons. The Bertz CT molecular complexity index is 561. The summed E-state index contributed by atoms with van der Waals surface area (Å²) in [6.07, 6.45) is 0. The van der Waals surface area contributed by atoms with E-state index in [4.69, 9.17) is 11.6 Å². The normalized spacial score (nSPS) is 10.7. The third kappa shape index (κ3) is 3.55. The molecule has 19 heavy (non-hydrogen) atoms. The second-order valence-electron chi connectivity index (χ2n) is 4.72. The lowest BCUT2D eigenvalue weighted by Gasteiger charge is -2.11. The summed E-state index contributed by atoms with van der Waals surface area (Å²) in [5.74, 6) is -0.375. The Morgan fingerprint density at radius 3 is 2.37 bits per heavy atom. The fourth-order valence-electron chi connectivity index (χ4n) is 2.11. The maximum atomic E-state index is 13.0. The predicted molar refractivity (Wildman–Crippen MR) is 77.9 cm³/mol. The van der Waals surface area contributed by atoms with Crippen LogP contribution in [0.25, 0.3) is 0 Å². The standard InChI is InChI=1S/C16H17ClFN/c1-11-4-3-5-12(2)14(11)10-19-9-13-6-7-16(18)15(17)8-13/h3-8,19H,9-10H2,1-2H3. The van der Waals surface area contributed by atoms with Crippen LogP contribution in [0.1, 0.15) is 22.3 Å². The van der Waals surface area contributed by atoms with Crippen molar-refractivity contribution in [2.24, 2.45) is 0 Å². The second-order valence-corrected chi connectivity index (χ2v) is 5.13. The van der Waals surface area contributed by atoms with Crippen molar-refractivity contribution in [3.8, 4) is 0 Å². The number of halogens is 2. The van der Waals surface area contributed by atoms with E-state index in [-0.39, 0.29) is 10.8 Å². The number of benzene rings is 2. The molecule has 0 heterocycles. The van der Waals surface area contributed by atoms with E-state index in [1.165, 1.54) is 22.8 Å². The second kappa shape index (κ2) is 6.18. The first-order valence-electron chi connectivity index (χ1n) is 6.27. The molecule has 0 bridgehead atoms. The molecule has 0 unspecified atom stereocenters. The summed E-state index contributed by atoms with van der Waals surface area (Å²) in [6, 6.07) is 11.1. The first kappa shape index (κ1) is 14.0. The third-order valence-corrected chi connectivity index (χ3v) is 3.55. The van der Waals surface area contributed by atoms with Gasteiger partial charge in [-0.15, -0.1) is 0 Å². The molecule has 3 heteroatoms. The molecule has 0 saturated heterocycles. The molecule has 0 atom stereocenters. The van der Waals surface area contributed by atoms with Gasteiger partial charge in [0.15, 0.2) is 0 Å². The zero-order valence-electron chi connectivity index (χ0n) is 11.1. The Hall–Kier alpha value is -1.38. The van der Waals surface area contributed by atoms with Gasteiger partial charge in [0.2, 0.25) is 0 Å². The molecular weight excluding hydrogens is 261 g/mol. The monoisotopic (exact) mass is 277 g/mol. The van der Waals surface area contributed by atoms with Gasteiger partial charge in [-0.05, 0) is 48.2 Å². The maximum absolute atomic E-state index is 13.0. The number of aryl methyl sites for hydroxylation is 2. The first-order valence-corrected chi connectivity index (χ1v) is 6.65. The summed E-state index contributed by atoms with van der Waals surface area (Å²) in [6.45, 7) is 5.69. The molecule has 0 fully saturated rings. The van der Waals surface area contributed by atoms with Crippen LogP contribution in [0.3, 0.4) is 0 Å². The van der Waals surface area contributed by atoms with Crippen LogP contribution >= 0.6 is 11.6 Å². The van der Waals surface area contributed by atoms with Gasteiger partial charge in [-0.3, -0.25) is 0 Å². The minimum atomic E-state index is -0.375. The number of hydrogen-bond donors (Lipinski definition) is 1. The van der Waals surface area contributed by atoms with Gasteiger partial charge < -0.3 is 5.32 Å². The van der Waals surface area contributed by atoms with Crippen molar-refractivity contribution in [1.29, 1.82) is 0 Å². The highest BCUT2D eigenvalue weighted by atomic mass is 35.5. The number of hydrogen-bond acceptors (Lipinski definition) is 1. The average Bonchev–Trinajstić information content (AvgIpc) is 2.37. The van der Waals surface area contributed by atoms with Crippen molar-refractivity contribution in [2.75, 3.05) is 0 Å². The van der Waals surface area contributed by atoms with Gasteiger partial charge in [0, 0.05) is 13.1 Å². The third-order valence-electron chi connectivity index (χ3n) is 3.26. The highest BCUT2D eigenvalue weighted by molar-refractivity contribution is 6.30. The molecule has 0 aliphatic rings. The van der Waals surface area contributed by atoms with Crippen molar-refractivity contribution in [3.63, 3.8) is 0 Å². The highest BCUT2D eigenvalue weighted by Gasteiger charge is 2.03. The summed E-state index contributed by atoms with van der Waals surface area (Å²) in [7, 11) is 0. The van der Waals surface area contributed by atoms with Gasteiger partial charge in [0.05, 0.1) is 5.02 Å². The topological polar surface area (TPSA) is 12.0 Å². The molecule has 0 aliphatic carbocycles. The van der Waals surface area contributed by atoms with Crippen molar-refractivity contribution >= 4 is 11.6 Å². The molecule has 0 aliphatic heterocycles. The van der Waals surface area contributed by atoms with E-state index >= 15 is 0 Å². The number of rotatable bonds is 4. The quantitative estimate of drug-likeness (QED) is 0.874. The van der Waals surface area contributed by atoms with Gasteiger partial charge in [0.1, 0.15) is 5.82 Å². The Morgan fingerprint density at radius 2 is 1.74 bits per heavy atom. The van der Waals surface area contributed by atoms with E-state index in [2.05, 4.69) is 37.4 Å². The van der Waals surface area contributed by atoms with Crippen molar-refractivity contribution in [2.45, 2.75) is 26.9 Å². The van der Waals surface area contributed by atoms with Gasteiger partial charge in [-0.25, -0.2) is 4.39 Å². The van der Waals surface area contributed by atoms with Crippen LogP contribution < -0.4 is 5.32 Å². The lowest BCUT2D eigenvalue weighted by atomic mass is 10.0. The summed E-state index contributed by atoms with van der Waals surface area (Å²) >= 11 is 5.76. The van der Waals surface area contributed by atoms with E-state index in [1.54, 1.807) is 12.1 Å². The maximum Gasteiger partial charge on any atom is 0.141 e. The molecule has 1 nitrogen and oxygen atoms in total. The minimum Gasteiger partial charge on any atom is -0.309 e. The molecule has 0 amide bonds. The molecule has 0 aromatic heterocycles. The lowest BCUT2D eigenvalue weighted by molar-refractivity contribution is 0.625. The van der Waals surface area contributed by atoms with Gasteiger partial charge in [-0.1, -0.05) is 35.9 Å². The highest BCUT2D eigenvalue weighted by Crippen LogP contribution is 2.16. The summed E-state index contributed by atoms with van der Waals surface area (Å²) in [4.78, 5) is 0. The summed E-state index contributed by atoms with van der Waals surface area (Å²) in [5.41, 5.74) is 4.86. The zero-order chi connectivity index (χ0) is 13.8. The van der Waals surface area contributed by atoms with Crippen LogP contribution in [0.5, 0.6) is 0 Å². The molecule has 0 spiro atoms. The van der Waals surface area contributed by atoms with E-state index < -0.39 is 0 Å². The van der Waals surface area contributed by atoms with Crippen LogP contribution in [-0.2, 0) is 13.1 Å². The van der Waals surface area contributed by atoms with Gasteiger partial charge >= 0.3 is 0 Å². The number of nitrogens with one attached hydrogen (secondary N) is 1. The van der Waals surface area contributed by atoms with Crippen LogP contribution in [-0.4, -0.2) is 0 Å². The van der Waals surface area contributed by atoms with E-state index in [9.17, 15) is 4.39 Å². The fraction of sp³-hybridized carbons (Fsp3) is 0.250. The smallest absolute Gasteiger partial charge is 0.141 e. The molecule has 2 aromatic carbocycles. The minimum absolute atomic E-state index is 0.173. The van der Waals surface area contributed by atoms with Crippen LogP contribution in [0.2, 0.25) is 5.02 Å². The van der Waals surface area contributed by atoms with Crippen molar-refractivity contribution in [3.05, 3.63) is 69.5 Å². The summed E-state index contributed by atoms with van der Waals surface area (Å²) < 4.78 is 13.0. The Labute approximate surface area is 118 Å². The molecule has 1 N–H and O–H groups in total. The van der Waals surface area contributed by atoms with Crippen LogP contribution in [0, 0.1) is 19.7 Å². The molecular formula is C16H17ClFN. The Kier molecular flexibility index (Phi) is 4.56. The SMILES string of the molecule is Cc1cccc(C)c1CNCc1ccc(F)c(Cl)c1. The zero-order valence-corrected chi connectivity index (χ0v) is 11.9. The van der Waals surface area contributed by atoms with Gasteiger partial charge in [0.25, 0.3) is 0 Å². The van der Waals surface area contributed by atoms with Gasteiger partial charge in [-0.2, -0.15) is 0 Å². The van der Waals surface area contributed by atoms with Crippen LogP contribution in [0.15, 0.2) is 36.4 Å². The Morgan fingerprint density at radius 1 is 1.05 bits per heavy atom. The predicted octanol–water partition coefficient (Wildman–Crippen LogP) is 4.39. The van der Waals surface area contributed by atoms with E-state index in [1.807, 2.05) is 0 Å². The summed E-state index contributed by atoms with van der Waals surface area (Å²) in [5, 5.41) is 3.54. The Balaban J connectivity index is 1.98. The van der Waals surface area contributed by atoms with Crippen molar-refractivity contribution in [1.82, 2.24) is 5.32 Å². The largest absolute Gasteiger partial charge is 0.309 e. The molecule has 2 rings (SSSR count). The lowest BCUT2D eigenvalue weighted by Crippen LogP contribution is -2.14. The van der Waals surface area contributed by atoms with Crippen molar-refractivity contribution < 1.29 is 4.39 Å². The van der Waals surface area contributed by atoms with E-state index in [0.29, 0.717) is 6.54 Å². The average molecular weight is 278 g/mol. The fourth-order valence-corrected chi connectivity index (χ4v) is 2.31. The first-order chi connectivity index (χ1) is 9.08. The molecule has 2 aromatic rings. The van der Waals surface area contributed by atoms with E-state index in [0.717, 1.165) is 12.1 Å². The van der Waals surface area contributed by atoms with Crippen LogP contribution in [0.4, 0.5) is 4.39 Å². The molecule has 0 radical (unpaired) electrons.